The van der Waals surface area contributed by atoms with Crippen LogP contribution in [-0.2, 0) is 10.8 Å². The smallest absolute Gasteiger partial charge is 0.427 e. The molecule has 2 atom stereocenters. The molecule has 1 heterocycles. The van der Waals surface area contributed by atoms with E-state index in [2.05, 4.69) is 6.58 Å². The summed E-state index contributed by atoms with van der Waals surface area (Å²) in [5, 5.41) is 0. The molecule has 0 radical (unpaired) electrons. The van der Waals surface area contributed by atoms with Crippen molar-refractivity contribution in [3.05, 3.63) is 71.6 Å². The lowest BCUT2D eigenvalue weighted by atomic mass is 9.88. The van der Waals surface area contributed by atoms with Crippen molar-refractivity contribution in [3.63, 3.8) is 0 Å². The molecule has 1 fully saturated rings. The summed E-state index contributed by atoms with van der Waals surface area (Å²) in [6, 6.07) is 7.30. The van der Waals surface area contributed by atoms with E-state index in [1.54, 1.807) is 6.08 Å². The quantitative estimate of drug-likeness (QED) is 0.204. The normalized spacial score (nSPS) is 18.9. The van der Waals surface area contributed by atoms with E-state index < -0.39 is 35.4 Å². The third kappa shape index (κ3) is 6.05. The molecule has 1 saturated heterocycles. The van der Waals surface area contributed by atoms with Crippen molar-refractivity contribution in [1.82, 2.24) is 0 Å². The molecule has 8 heteroatoms. The highest BCUT2D eigenvalue weighted by molar-refractivity contribution is 5.40. The first-order valence-corrected chi connectivity index (χ1v) is 10.9. The zero-order chi connectivity index (χ0) is 24.0. The Labute approximate surface area is 190 Å². The molecule has 3 nitrogen and oxygen atoms in total. The summed E-state index contributed by atoms with van der Waals surface area (Å²) < 4.78 is 87.9. The maximum absolute atomic E-state index is 15.1. The number of rotatable bonds is 10. The second-order valence-corrected chi connectivity index (χ2v) is 7.90. The first kappa shape index (κ1) is 25.0. The molecule has 0 aliphatic carbocycles. The molecule has 1 aliphatic rings. The lowest BCUT2D eigenvalue weighted by molar-refractivity contribution is -0.187. The molecular weight excluding hydrogens is 443 g/mol. The van der Waals surface area contributed by atoms with Gasteiger partial charge < -0.3 is 14.2 Å². The Bertz CT molecular complexity index is 922. The van der Waals surface area contributed by atoms with Gasteiger partial charge >= 0.3 is 6.11 Å². The topological polar surface area (TPSA) is 27.7 Å². The average molecular weight is 470 g/mol. The van der Waals surface area contributed by atoms with Gasteiger partial charge in [0.2, 0.25) is 0 Å². The highest BCUT2D eigenvalue weighted by Gasteiger charge is 2.41. The molecule has 2 aromatic rings. The minimum atomic E-state index is -4.17. The van der Waals surface area contributed by atoms with Crippen molar-refractivity contribution >= 4 is 0 Å². The fourth-order valence-electron chi connectivity index (χ4n) is 3.74. The molecule has 2 unspecified atom stereocenters. The number of benzene rings is 2. The monoisotopic (exact) mass is 470 g/mol. The van der Waals surface area contributed by atoms with Gasteiger partial charge in [0.25, 0.3) is 6.43 Å². The van der Waals surface area contributed by atoms with Crippen LogP contribution in [0.2, 0.25) is 0 Å². The molecule has 3 rings (SSSR count). The predicted molar refractivity (Wildman–Crippen MR) is 115 cm³/mol. The van der Waals surface area contributed by atoms with Crippen molar-refractivity contribution in [2.75, 3.05) is 13.2 Å². The number of hydrogen-bond acceptors (Lipinski definition) is 3. The van der Waals surface area contributed by atoms with Crippen LogP contribution in [-0.4, -0.2) is 19.3 Å². The van der Waals surface area contributed by atoms with Crippen molar-refractivity contribution in [2.24, 2.45) is 0 Å². The lowest BCUT2D eigenvalue weighted by Crippen LogP contribution is -2.27. The van der Waals surface area contributed by atoms with Gasteiger partial charge in [0, 0.05) is 5.92 Å². The van der Waals surface area contributed by atoms with Crippen LogP contribution in [0.1, 0.15) is 61.6 Å². The van der Waals surface area contributed by atoms with Gasteiger partial charge in [-0.2, -0.15) is 8.78 Å². The predicted octanol–water partition coefficient (Wildman–Crippen LogP) is 7.52. The second kappa shape index (κ2) is 11.0. The van der Waals surface area contributed by atoms with E-state index in [1.165, 1.54) is 24.3 Å². The molecule has 0 saturated carbocycles. The van der Waals surface area contributed by atoms with E-state index >= 15 is 4.39 Å². The minimum absolute atomic E-state index is 0.0686. The molecule has 180 valence electrons. The summed E-state index contributed by atoms with van der Waals surface area (Å²) in [5.74, 6) is -1.65. The van der Waals surface area contributed by atoms with Crippen LogP contribution in [0.5, 0.6) is 11.5 Å². The fraction of sp³-hybridized carbons (Fsp3) is 0.440. The summed E-state index contributed by atoms with van der Waals surface area (Å²) in [6.45, 7) is 6.21. The Morgan fingerprint density at radius 3 is 2.39 bits per heavy atom. The number of alkyl halides is 4. The highest BCUT2D eigenvalue weighted by atomic mass is 19.3. The first-order valence-electron chi connectivity index (χ1n) is 10.9. The molecule has 1 aliphatic heterocycles. The molecule has 0 bridgehead atoms. The third-order valence-corrected chi connectivity index (χ3v) is 5.59. The Balaban J connectivity index is 1.82. The third-order valence-electron chi connectivity index (χ3n) is 5.59. The standard InChI is InChI=1S/C25H27F5O3/c1-3-5-14-31-18-8-10-19(11-9-18)33-25(29,30)21-13-12-20(23(26)22(21)24(27)28)16-6-7-17(4-2)32-15-16/h4,8-13,16-17,24H,2-3,5-7,14-15H2,1H3. The SMILES string of the molecule is C=CC1CCC(c2ccc(C(F)(F)Oc3ccc(OCCCC)cc3)c(C(F)F)c2F)CO1. The van der Waals surface area contributed by atoms with Gasteiger partial charge in [-0.05, 0) is 55.2 Å². The average Bonchev–Trinajstić information content (AvgIpc) is 2.80. The molecule has 0 amide bonds. The van der Waals surface area contributed by atoms with E-state index in [0.717, 1.165) is 25.0 Å². The number of unbranched alkanes of at least 4 members (excludes halogenated alkanes) is 1. The van der Waals surface area contributed by atoms with Gasteiger partial charge in [-0.15, -0.1) is 6.58 Å². The fourth-order valence-corrected chi connectivity index (χ4v) is 3.74. The van der Waals surface area contributed by atoms with Crippen molar-refractivity contribution in [3.8, 4) is 11.5 Å². The Morgan fingerprint density at radius 2 is 1.82 bits per heavy atom. The summed E-state index contributed by atoms with van der Waals surface area (Å²) in [6.07, 6.45) is -3.41. The molecule has 33 heavy (non-hydrogen) atoms. The van der Waals surface area contributed by atoms with E-state index in [4.69, 9.17) is 14.2 Å². The van der Waals surface area contributed by atoms with Crippen LogP contribution in [0.4, 0.5) is 22.0 Å². The maximum Gasteiger partial charge on any atom is 0.427 e. The molecular formula is C25H27F5O3. The summed E-state index contributed by atoms with van der Waals surface area (Å²) in [7, 11) is 0. The molecule has 0 N–H and O–H groups in total. The van der Waals surface area contributed by atoms with Gasteiger partial charge in [-0.1, -0.05) is 25.5 Å². The van der Waals surface area contributed by atoms with Gasteiger partial charge in [0.1, 0.15) is 17.3 Å². The minimum Gasteiger partial charge on any atom is -0.494 e. The Hall–Kier alpha value is -2.61. The number of hydrogen-bond donors (Lipinski definition) is 0. The van der Waals surface area contributed by atoms with Gasteiger partial charge in [0.05, 0.1) is 30.4 Å². The summed E-state index contributed by atoms with van der Waals surface area (Å²) in [4.78, 5) is 0. The van der Waals surface area contributed by atoms with E-state index in [1.807, 2.05) is 6.92 Å². The Morgan fingerprint density at radius 1 is 1.12 bits per heavy atom. The van der Waals surface area contributed by atoms with Crippen molar-refractivity contribution in [1.29, 1.82) is 0 Å². The van der Waals surface area contributed by atoms with Crippen LogP contribution < -0.4 is 9.47 Å². The van der Waals surface area contributed by atoms with Gasteiger partial charge in [0.15, 0.2) is 0 Å². The lowest BCUT2D eigenvalue weighted by Gasteiger charge is -2.29. The largest absolute Gasteiger partial charge is 0.494 e. The van der Waals surface area contributed by atoms with Gasteiger partial charge in [-0.25, -0.2) is 13.2 Å². The van der Waals surface area contributed by atoms with E-state index in [-0.39, 0.29) is 24.0 Å². The molecule has 0 aromatic heterocycles. The van der Waals surface area contributed by atoms with E-state index in [0.29, 0.717) is 25.2 Å². The zero-order valence-corrected chi connectivity index (χ0v) is 18.3. The Kier molecular flexibility index (Phi) is 8.35. The maximum atomic E-state index is 15.1. The second-order valence-electron chi connectivity index (χ2n) is 7.90. The zero-order valence-electron chi connectivity index (χ0n) is 18.3. The van der Waals surface area contributed by atoms with Gasteiger partial charge in [-0.3, -0.25) is 0 Å². The highest BCUT2D eigenvalue weighted by Crippen LogP contribution is 2.42. The van der Waals surface area contributed by atoms with Crippen LogP contribution >= 0.6 is 0 Å². The summed E-state index contributed by atoms with van der Waals surface area (Å²) in [5.41, 5.74) is -2.63. The van der Waals surface area contributed by atoms with Crippen molar-refractivity contribution in [2.45, 2.75) is 57.2 Å². The van der Waals surface area contributed by atoms with Crippen LogP contribution in [0, 0.1) is 5.82 Å². The molecule has 0 spiro atoms. The number of halogens is 5. The first-order chi connectivity index (χ1) is 15.8. The number of ether oxygens (including phenoxy) is 3. The summed E-state index contributed by atoms with van der Waals surface area (Å²) >= 11 is 0. The van der Waals surface area contributed by atoms with Crippen molar-refractivity contribution < 1.29 is 36.2 Å². The van der Waals surface area contributed by atoms with Crippen LogP contribution in [0.15, 0.2) is 49.1 Å². The van der Waals surface area contributed by atoms with Crippen LogP contribution in [0.3, 0.4) is 0 Å². The molecule has 2 aromatic carbocycles. The van der Waals surface area contributed by atoms with E-state index in [9.17, 15) is 17.6 Å². The van der Waals surface area contributed by atoms with Crippen LogP contribution in [0.25, 0.3) is 0 Å².